The number of anilines is 1. The quantitative estimate of drug-likeness (QED) is 0.778. The standard InChI is InChI=1S/C16H24N2O4/c1-20-14-7-13(8-15(21-2)16(14)22-3)18(10-19)12-5-4-11(6-12)9-17/h7-8,10-12H,4-6,9,17H2,1-3H3/t11-,12+/m0/s1. The third-order valence-electron chi connectivity index (χ3n) is 4.30. The van der Waals surface area contributed by atoms with Crippen LogP contribution in [0, 0.1) is 5.92 Å². The maximum Gasteiger partial charge on any atom is 0.214 e. The van der Waals surface area contributed by atoms with Crippen LogP contribution in [0.1, 0.15) is 19.3 Å². The first-order valence-corrected chi connectivity index (χ1v) is 7.42. The Labute approximate surface area is 131 Å². The molecule has 6 nitrogen and oxygen atoms in total. The molecule has 1 aliphatic rings. The van der Waals surface area contributed by atoms with Gasteiger partial charge in [-0.15, -0.1) is 0 Å². The van der Waals surface area contributed by atoms with E-state index in [0.29, 0.717) is 29.7 Å². The average molecular weight is 308 g/mol. The largest absolute Gasteiger partial charge is 0.493 e. The molecule has 0 bridgehead atoms. The molecular weight excluding hydrogens is 284 g/mol. The molecular formula is C16H24N2O4. The van der Waals surface area contributed by atoms with E-state index in [1.807, 2.05) is 0 Å². The van der Waals surface area contributed by atoms with Crippen molar-refractivity contribution in [2.24, 2.45) is 11.7 Å². The monoisotopic (exact) mass is 308 g/mol. The van der Waals surface area contributed by atoms with Crippen molar-refractivity contribution in [3.63, 3.8) is 0 Å². The van der Waals surface area contributed by atoms with Gasteiger partial charge in [-0.2, -0.15) is 0 Å². The third kappa shape index (κ3) is 3.11. The molecule has 2 rings (SSSR count). The van der Waals surface area contributed by atoms with E-state index in [0.717, 1.165) is 31.4 Å². The van der Waals surface area contributed by atoms with Crippen LogP contribution >= 0.6 is 0 Å². The number of hydrogen-bond donors (Lipinski definition) is 1. The van der Waals surface area contributed by atoms with E-state index in [-0.39, 0.29) is 6.04 Å². The van der Waals surface area contributed by atoms with Gasteiger partial charge in [-0.25, -0.2) is 0 Å². The Morgan fingerprint density at radius 3 is 2.23 bits per heavy atom. The summed E-state index contributed by atoms with van der Waals surface area (Å²) in [4.78, 5) is 13.4. The van der Waals surface area contributed by atoms with Crippen LogP contribution in [0.3, 0.4) is 0 Å². The Hall–Kier alpha value is -1.95. The fourth-order valence-corrected chi connectivity index (χ4v) is 3.09. The van der Waals surface area contributed by atoms with Gasteiger partial charge in [0.15, 0.2) is 11.5 Å². The lowest BCUT2D eigenvalue weighted by Gasteiger charge is -2.26. The van der Waals surface area contributed by atoms with Gasteiger partial charge in [0.25, 0.3) is 0 Å². The average Bonchev–Trinajstić information content (AvgIpc) is 3.03. The second-order valence-corrected chi connectivity index (χ2v) is 5.46. The number of methoxy groups -OCH3 is 3. The highest BCUT2D eigenvalue weighted by atomic mass is 16.5. The first-order valence-electron chi connectivity index (χ1n) is 7.42. The molecule has 6 heteroatoms. The van der Waals surface area contributed by atoms with Crippen LogP contribution in [0.5, 0.6) is 17.2 Å². The number of rotatable bonds is 7. The Morgan fingerprint density at radius 2 is 1.82 bits per heavy atom. The van der Waals surface area contributed by atoms with E-state index in [1.54, 1.807) is 38.4 Å². The fraction of sp³-hybridized carbons (Fsp3) is 0.562. The highest BCUT2D eigenvalue weighted by Gasteiger charge is 2.29. The van der Waals surface area contributed by atoms with Crippen molar-refractivity contribution in [2.75, 3.05) is 32.8 Å². The molecule has 122 valence electrons. The molecule has 0 unspecified atom stereocenters. The highest BCUT2D eigenvalue weighted by Crippen LogP contribution is 2.42. The molecule has 2 N–H and O–H groups in total. The zero-order valence-electron chi connectivity index (χ0n) is 13.4. The van der Waals surface area contributed by atoms with Gasteiger partial charge in [0.1, 0.15) is 0 Å². The molecule has 1 amide bonds. The van der Waals surface area contributed by atoms with E-state index in [9.17, 15) is 4.79 Å². The molecule has 0 heterocycles. The number of carbonyl (C=O) groups excluding carboxylic acids is 1. The predicted molar refractivity (Wildman–Crippen MR) is 84.8 cm³/mol. The molecule has 22 heavy (non-hydrogen) atoms. The number of nitrogens with two attached hydrogens (primary N) is 1. The molecule has 1 aromatic rings. The van der Waals surface area contributed by atoms with Gasteiger partial charge in [0, 0.05) is 18.2 Å². The topological polar surface area (TPSA) is 74.0 Å². The Bertz CT molecular complexity index is 496. The second kappa shape index (κ2) is 7.35. The summed E-state index contributed by atoms with van der Waals surface area (Å²) >= 11 is 0. The molecule has 1 saturated carbocycles. The summed E-state index contributed by atoms with van der Waals surface area (Å²) in [5.74, 6) is 2.08. The summed E-state index contributed by atoms with van der Waals surface area (Å²) in [6, 6.07) is 3.76. The minimum Gasteiger partial charge on any atom is -0.493 e. The summed E-state index contributed by atoms with van der Waals surface area (Å²) in [5.41, 5.74) is 6.48. The van der Waals surface area contributed by atoms with Crippen molar-refractivity contribution in [2.45, 2.75) is 25.3 Å². The number of nitrogens with zero attached hydrogens (tertiary/aromatic N) is 1. The van der Waals surface area contributed by atoms with E-state index in [4.69, 9.17) is 19.9 Å². The van der Waals surface area contributed by atoms with Gasteiger partial charge >= 0.3 is 0 Å². The lowest BCUT2D eigenvalue weighted by atomic mass is 10.1. The minimum atomic E-state index is 0.161. The summed E-state index contributed by atoms with van der Waals surface area (Å²) in [6.45, 7) is 0.665. The van der Waals surface area contributed by atoms with Crippen LogP contribution in [-0.4, -0.2) is 40.3 Å². The predicted octanol–water partition coefficient (Wildman–Crippen LogP) is 1.80. The zero-order chi connectivity index (χ0) is 16.1. The molecule has 0 saturated heterocycles. The number of hydrogen-bond acceptors (Lipinski definition) is 5. The fourth-order valence-electron chi connectivity index (χ4n) is 3.09. The van der Waals surface area contributed by atoms with Crippen LogP contribution in [0.2, 0.25) is 0 Å². The molecule has 2 atom stereocenters. The SMILES string of the molecule is COc1cc(N(C=O)[C@@H]2CC[C@H](CN)C2)cc(OC)c1OC. The number of amides is 1. The smallest absolute Gasteiger partial charge is 0.214 e. The van der Waals surface area contributed by atoms with Crippen molar-refractivity contribution in [3.05, 3.63) is 12.1 Å². The van der Waals surface area contributed by atoms with E-state index < -0.39 is 0 Å². The van der Waals surface area contributed by atoms with Gasteiger partial charge < -0.3 is 24.8 Å². The Kier molecular flexibility index (Phi) is 5.49. The first kappa shape index (κ1) is 16.4. The molecule has 1 fully saturated rings. The van der Waals surface area contributed by atoms with Crippen molar-refractivity contribution in [1.82, 2.24) is 0 Å². The van der Waals surface area contributed by atoms with Gasteiger partial charge in [-0.05, 0) is 31.7 Å². The lowest BCUT2D eigenvalue weighted by molar-refractivity contribution is -0.107. The van der Waals surface area contributed by atoms with Crippen molar-refractivity contribution in [3.8, 4) is 17.2 Å². The maximum atomic E-state index is 11.6. The van der Waals surface area contributed by atoms with Gasteiger partial charge in [0.2, 0.25) is 12.2 Å². The highest BCUT2D eigenvalue weighted by molar-refractivity contribution is 5.79. The van der Waals surface area contributed by atoms with Crippen molar-refractivity contribution >= 4 is 12.1 Å². The van der Waals surface area contributed by atoms with Crippen LogP contribution in [-0.2, 0) is 4.79 Å². The summed E-state index contributed by atoms with van der Waals surface area (Å²) in [6.07, 6.45) is 3.79. The maximum absolute atomic E-state index is 11.6. The van der Waals surface area contributed by atoms with E-state index in [1.165, 1.54) is 0 Å². The number of ether oxygens (including phenoxy) is 3. The van der Waals surface area contributed by atoms with Gasteiger partial charge in [-0.1, -0.05) is 0 Å². The zero-order valence-corrected chi connectivity index (χ0v) is 13.4. The van der Waals surface area contributed by atoms with Crippen molar-refractivity contribution < 1.29 is 19.0 Å². The number of benzene rings is 1. The van der Waals surface area contributed by atoms with Crippen LogP contribution in [0.25, 0.3) is 0 Å². The van der Waals surface area contributed by atoms with E-state index >= 15 is 0 Å². The van der Waals surface area contributed by atoms with Crippen LogP contribution in [0.15, 0.2) is 12.1 Å². The minimum absolute atomic E-state index is 0.161. The third-order valence-corrected chi connectivity index (χ3v) is 4.30. The molecule has 1 aromatic carbocycles. The van der Waals surface area contributed by atoms with E-state index in [2.05, 4.69) is 0 Å². The molecule has 0 spiro atoms. The van der Waals surface area contributed by atoms with Crippen molar-refractivity contribution in [1.29, 1.82) is 0 Å². The molecule has 1 aliphatic carbocycles. The van der Waals surface area contributed by atoms with Gasteiger partial charge in [0.05, 0.1) is 27.0 Å². The lowest BCUT2D eigenvalue weighted by Crippen LogP contribution is -2.32. The van der Waals surface area contributed by atoms with Crippen LogP contribution in [0.4, 0.5) is 5.69 Å². The second-order valence-electron chi connectivity index (χ2n) is 5.46. The molecule has 0 aromatic heterocycles. The first-order chi connectivity index (χ1) is 10.7. The normalized spacial score (nSPS) is 20.5. The number of carbonyl (C=O) groups is 1. The summed E-state index contributed by atoms with van der Waals surface area (Å²) < 4.78 is 16.0. The summed E-state index contributed by atoms with van der Waals surface area (Å²) in [7, 11) is 4.68. The van der Waals surface area contributed by atoms with Gasteiger partial charge in [-0.3, -0.25) is 4.79 Å². The Morgan fingerprint density at radius 1 is 1.18 bits per heavy atom. The van der Waals surface area contributed by atoms with Crippen LogP contribution < -0.4 is 24.8 Å². The summed E-state index contributed by atoms with van der Waals surface area (Å²) in [5, 5.41) is 0. The Balaban J connectivity index is 2.35. The molecule has 0 radical (unpaired) electrons. The molecule has 0 aliphatic heterocycles.